The van der Waals surface area contributed by atoms with Gasteiger partial charge in [-0.1, -0.05) is 38.1 Å². The number of hydrogen-bond donors (Lipinski definition) is 2. The van der Waals surface area contributed by atoms with Crippen molar-refractivity contribution in [2.24, 2.45) is 0 Å². The molecule has 0 heterocycles. The van der Waals surface area contributed by atoms with Crippen molar-refractivity contribution in [2.45, 2.75) is 26.3 Å². The van der Waals surface area contributed by atoms with Crippen LogP contribution in [0.4, 0.5) is 5.69 Å². The molecule has 104 valence electrons. The number of nitrogens with one attached hydrogen (secondary N) is 1. The fourth-order valence-electron chi connectivity index (χ4n) is 2.00. The van der Waals surface area contributed by atoms with Crippen molar-refractivity contribution >= 4 is 11.7 Å². The highest BCUT2D eigenvalue weighted by Crippen LogP contribution is 2.17. The van der Waals surface area contributed by atoms with Crippen molar-refractivity contribution in [1.82, 2.24) is 0 Å². The second-order valence-corrected chi connectivity index (χ2v) is 5.14. The zero-order valence-corrected chi connectivity index (χ0v) is 11.8. The van der Waals surface area contributed by atoms with Crippen molar-refractivity contribution in [3.05, 3.63) is 65.2 Å². The minimum absolute atomic E-state index is 0.319. The molecular formula is C17H19NO2. The molecule has 2 aromatic carbocycles. The van der Waals surface area contributed by atoms with Gasteiger partial charge in [-0.15, -0.1) is 0 Å². The van der Waals surface area contributed by atoms with Gasteiger partial charge in [0.25, 0.3) is 0 Å². The fraction of sp³-hybridized carbons (Fsp3) is 0.235. The summed E-state index contributed by atoms with van der Waals surface area (Å²) in [5, 5.41) is 12.3. The lowest BCUT2D eigenvalue weighted by Crippen LogP contribution is -2.02. The Morgan fingerprint density at radius 1 is 1.15 bits per heavy atom. The van der Waals surface area contributed by atoms with Gasteiger partial charge >= 0.3 is 5.97 Å². The van der Waals surface area contributed by atoms with Gasteiger partial charge in [0, 0.05) is 12.2 Å². The SMILES string of the molecule is CC(C)c1ccc(NCc2cccc(C(=O)O)c2)cc1. The van der Waals surface area contributed by atoms with Crippen molar-refractivity contribution < 1.29 is 9.90 Å². The summed E-state index contributed by atoms with van der Waals surface area (Å²) in [6, 6.07) is 15.3. The normalized spacial score (nSPS) is 10.6. The number of anilines is 1. The van der Waals surface area contributed by atoms with Crippen LogP contribution in [0.25, 0.3) is 0 Å². The molecule has 0 amide bonds. The maximum absolute atomic E-state index is 10.9. The fourth-order valence-corrected chi connectivity index (χ4v) is 2.00. The van der Waals surface area contributed by atoms with E-state index >= 15 is 0 Å². The van der Waals surface area contributed by atoms with Gasteiger partial charge in [0.2, 0.25) is 0 Å². The second-order valence-electron chi connectivity index (χ2n) is 5.14. The number of carboxylic acid groups (broad SMARTS) is 1. The number of rotatable bonds is 5. The van der Waals surface area contributed by atoms with Gasteiger partial charge in [0.05, 0.1) is 5.56 Å². The Morgan fingerprint density at radius 3 is 2.45 bits per heavy atom. The molecule has 0 atom stereocenters. The highest BCUT2D eigenvalue weighted by molar-refractivity contribution is 5.87. The molecule has 0 aliphatic rings. The minimum atomic E-state index is -0.895. The molecule has 0 saturated heterocycles. The maximum Gasteiger partial charge on any atom is 0.335 e. The van der Waals surface area contributed by atoms with E-state index in [-0.39, 0.29) is 0 Å². The first-order valence-corrected chi connectivity index (χ1v) is 6.72. The molecule has 0 aromatic heterocycles. The third kappa shape index (κ3) is 3.60. The zero-order chi connectivity index (χ0) is 14.5. The van der Waals surface area contributed by atoms with E-state index in [0.29, 0.717) is 18.0 Å². The van der Waals surface area contributed by atoms with Gasteiger partial charge in [-0.05, 0) is 41.3 Å². The molecule has 2 rings (SSSR count). The van der Waals surface area contributed by atoms with Crippen LogP contribution in [0.3, 0.4) is 0 Å². The quantitative estimate of drug-likeness (QED) is 0.858. The summed E-state index contributed by atoms with van der Waals surface area (Å²) in [6.07, 6.45) is 0. The number of hydrogen-bond acceptors (Lipinski definition) is 2. The van der Waals surface area contributed by atoms with Crippen LogP contribution in [0.2, 0.25) is 0 Å². The van der Waals surface area contributed by atoms with E-state index in [1.54, 1.807) is 18.2 Å². The van der Waals surface area contributed by atoms with Crippen LogP contribution in [0.1, 0.15) is 41.3 Å². The Balaban J connectivity index is 2.01. The van der Waals surface area contributed by atoms with Crippen LogP contribution >= 0.6 is 0 Å². The Hall–Kier alpha value is -2.29. The Morgan fingerprint density at radius 2 is 1.85 bits per heavy atom. The van der Waals surface area contributed by atoms with Gasteiger partial charge in [-0.25, -0.2) is 4.79 Å². The number of benzene rings is 2. The molecule has 0 spiro atoms. The average Bonchev–Trinajstić information content (AvgIpc) is 2.46. The van der Waals surface area contributed by atoms with Crippen LogP contribution in [-0.2, 0) is 6.54 Å². The zero-order valence-electron chi connectivity index (χ0n) is 11.8. The molecule has 3 nitrogen and oxygen atoms in total. The largest absolute Gasteiger partial charge is 0.478 e. The van der Waals surface area contributed by atoms with E-state index in [2.05, 4.69) is 43.4 Å². The number of carbonyl (C=O) groups is 1. The summed E-state index contributed by atoms with van der Waals surface area (Å²) in [5.74, 6) is -0.371. The monoisotopic (exact) mass is 269 g/mol. The standard InChI is InChI=1S/C17H19NO2/c1-12(2)14-6-8-16(9-7-14)18-11-13-4-3-5-15(10-13)17(19)20/h3-10,12,18H,11H2,1-2H3,(H,19,20). The van der Waals surface area contributed by atoms with E-state index in [0.717, 1.165) is 11.3 Å². The maximum atomic E-state index is 10.9. The summed E-state index contributed by atoms with van der Waals surface area (Å²) in [4.78, 5) is 10.9. The van der Waals surface area contributed by atoms with Crippen LogP contribution in [0.5, 0.6) is 0 Å². The third-order valence-corrected chi connectivity index (χ3v) is 3.25. The molecule has 0 aliphatic heterocycles. The Bertz CT molecular complexity index is 588. The van der Waals surface area contributed by atoms with Gasteiger partial charge in [-0.3, -0.25) is 0 Å². The van der Waals surface area contributed by atoms with Crippen molar-refractivity contribution in [3.63, 3.8) is 0 Å². The smallest absolute Gasteiger partial charge is 0.335 e. The van der Waals surface area contributed by atoms with Crippen molar-refractivity contribution in [2.75, 3.05) is 5.32 Å². The first kappa shape index (κ1) is 14.1. The predicted octanol–water partition coefficient (Wildman–Crippen LogP) is 4.12. The molecule has 0 fully saturated rings. The van der Waals surface area contributed by atoms with E-state index in [1.165, 1.54) is 5.56 Å². The first-order chi connectivity index (χ1) is 9.56. The molecule has 0 radical (unpaired) electrons. The molecule has 0 aliphatic carbocycles. The molecule has 2 aromatic rings. The third-order valence-electron chi connectivity index (χ3n) is 3.25. The van der Waals surface area contributed by atoms with Crippen molar-refractivity contribution in [1.29, 1.82) is 0 Å². The van der Waals surface area contributed by atoms with E-state index in [1.807, 2.05) is 6.07 Å². The minimum Gasteiger partial charge on any atom is -0.478 e. The molecule has 0 unspecified atom stereocenters. The van der Waals surface area contributed by atoms with Gasteiger partial charge in [0.15, 0.2) is 0 Å². The highest BCUT2D eigenvalue weighted by Gasteiger charge is 2.03. The van der Waals surface area contributed by atoms with Gasteiger partial charge < -0.3 is 10.4 Å². The van der Waals surface area contributed by atoms with Gasteiger partial charge in [0.1, 0.15) is 0 Å². The highest BCUT2D eigenvalue weighted by atomic mass is 16.4. The summed E-state index contributed by atoms with van der Waals surface area (Å²) >= 11 is 0. The first-order valence-electron chi connectivity index (χ1n) is 6.72. The van der Waals surface area contributed by atoms with E-state index < -0.39 is 5.97 Å². The lowest BCUT2D eigenvalue weighted by Gasteiger charge is -2.09. The van der Waals surface area contributed by atoms with E-state index in [9.17, 15) is 4.79 Å². The molecule has 0 bridgehead atoms. The molecule has 2 N–H and O–H groups in total. The number of carboxylic acids is 1. The van der Waals surface area contributed by atoms with E-state index in [4.69, 9.17) is 5.11 Å². The molecule has 20 heavy (non-hydrogen) atoms. The topological polar surface area (TPSA) is 49.3 Å². The summed E-state index contributed by atoms with van der Waals surface area (Å²) in [6.45, 7) is 4.95. The van der Waals surface area contributed by atoms with Gasteiger partial charge in [-0.2, -0.15) is 0 Å². The van der Waals surface area contributed by atoms with Crippen LogP contribution in [-0.4, -0.2) is 11.1 Å². The van der Waals surface area contributed by atoms with Crippen LogP contribution in [0.15, 0.2) is 48.5 Å². The van der Waals surface area contributed by atoms with Crippen LogP contribution < -0.4 is 5.32 Å². The average molecular weight is 269 g/mol. The lowest BCUT2D eigenvalue weighted by atomic mass is 10.0. The van der Waals surface area contributed by atoms with Crippen LogP contribution in [0, 0.1) is 0 Å². The molecule has 0 saturated carbocycles. The predicted molar refractivity (Wildman–Crippen MR) is 81.3 cm³/mol. The molecule has 3 heteroatoms. The van der Waals surface area contributed by atoms with Crippen molar-refractivity contribution in [3.8, 4) is 0 Å². The lowest BCUT2D eigenvalue weighted by molar-refractivity contribution is 0.0697. The summed E-state index contributed by atoms with van der Waals surface area (Å²) in [7, 11) is 0. The number of aromatic carboxylic acids is 1. The summed E-state index contributed by atoms with van der Waals surface area (Å²) in [5.41, 5.74) is 3.62. The Kier molecular flexibility index (Phi) is 4.41. The molecular weight excluding hydrogens is 250 g/mol. The second kappa shape index (κ2) is 6.24. The summed E-state index contributed by atoms with van der Waals surface area (Å²) < 4.78 is 0. The Labute approximate surface area is 119 Å².